The minimum Gasteiger partial charge on any atom is -0.342 e. The Balaban J connectivity index is 1.71. The summed E-state index contributed by atoms with van der Waals surface area (Å²) in [6, 6.07) is 12.5. The largest absolute Gasteiger partial charge is 0.342 e. The standard InChI is InChI=1S/C22H28FN3O/c1-3-26(4-2)22(27)16-25-13-7-9-18(15-25)21-12-6-11-20(24-21)17-8-5-10-19(23)14-17/h5-6,8,10-12,14,18H,3-4,7,9,13,15-16H2,1-2H3/t18-/m0/s1. The van der Waals surface area contributed by atoms with Crippen molar-refractivity contribution in [3.05, 3.63) is 54.0 Å². The molecule has 0 unspecified atom stereocenters. The number of hydrogen-bond acceptors (Lipinski definition) is 3. The minimum atomic E-state index is -0.251. The first-order chi connectivity index (χ1) is 13.1. The number of aromatic nitrogens is 1. The van der Waals surface area contributed by atoms with E-state index in [1.807, 2.05) is 43.0 Å². The number of likely N-dealkylation sites (N-methyl/N-ethyl adjacent to an activating group) is 1. The Morgan fingerprint density at radius 3 is 2.74 bits per heavy atom. The highest BCUT2D eigenvalue weighted by Crippen LogP contribution is 2.27. The van der Waals surface area contributed by atoms with Crippen molar-refractivity contribution in [3.8, 4) is 11.3 Å². The Labute approximate surface area is 161 Å². The number of amides is 1. The first kappa shape index (κ1) is 19.5. The second kappa shape index (κ2) is 9.09. The van der Waals surface area contributed by atoms with Crippen LogP contribution in [0, 0.1) is 5.82 Å². The van der Waals surface area contributed by atoms with Crippen LogP contribution in [0.1, 0.15) is 38.3 Å². The van der Waals surface area contributed by atoms with Crippen molar-refractivity contribution in [2.24, 2.45) is 0 Å². The maximum atomic E-state index is 13.5. The van der Waals surface area contributed by atoms with Gasteiger partial charge in [-0.2, -0.15) is 0 Å². The molecule has 2 aromatic rings. The second-order valence-electron chi connectivity index (χ2n) is 7.10. The van der Waals surface area contributed by atoms with Gasteiger partial charge in [-0.3, -0.25) is 14.7 Å². The summed E-state index contributed by atoms with van der Waals surface area (Å²) in [6.07, 6.45) is 2.12. The minimum absolute atomic E-state index is 0.196. The fourth-order valence-corrected chi connectivity index (χ4v) is 3.80. The van der Waals surface area contributed by atoms with Crippen LogP contribution >= 0.6 is 0 Å². The van der Waals surface area contributed by atoms with Crippen LogP contribution in [0.2, 0.25) is 0 Å². The van der Waals surface area contributed by atoms with E-state index in [2.05, 4.69) is 4.90 Å². The van der Waals surface area contributed by atoms with Crippen LogP contribution in [0.5, 0.6) is 0 Å². The molecule has 0 N–H and O–H groups in total. The summed E-state index contributed by atoms with van der Waals surface area (Å²) in [5, 5.41) is 0. The Morgan fingerprint density at radius 2 is 2.00 bits per heavy atom. The summed E-state index contributed by atoms with van der Waals surface area (Å²) >= 11 is 0. The smallest absolute Gasteiger partial charge is 0.236 e. The predicted octanol–water partition coefficient (Wildman–Crippen LogP) is 3.94. The molecule has 1 aliphatic rings. The molecule has 5 heteroatoms. The number of piperidine rings is 1. The van der Waals surface area contributed by atoms with E-state index in [-0.39, 0.29) is 11.7 Å². The van der Waals surface area contributed by atoms with Crippen molar-refractivity contribution in [1.29, 1.82) is 0 Å². The molecule has 1 atom stereocenters. The van der Waals surface area contributed by atoms with Gasteiger partial charge in [0.1, 0.15) is 5.82 Å². The van der Waals surface area contributed by atoms with Gasteiger partial charge in [0.2, 0.25) is 5.91 Å². The summed E-state index contributed by atoms with van der Waals surface area (Å²) < 4.78 is 13.5. The lowest BCUT2D eigenvalue weighted by Gasteiger charge is -2.33. The van der Waals surface area contributed by atoms with E-state index in [1.165, 1.54) is 12.1 Å². The van der Waals surface area contributed by atoms with E-state index < -0.39 is 0 Å². The van der Waals surface area contributed by atoms with Gasteiger partial charge >= 0.3 is 0 Å². The molecule has 1 aromatic carbocycles. The summed E-state index contributed by atoms with van der Waals surface area (Å²) in [5.41, 5.74) is 2.61. The van der Waals surface area contributed by atoms with Gasteiger partial charge in [-0.05, 0) is 57.5 Å². The van der Waals surface area contributed by atoms with Crippen LogP contribution in [0.15, 0.2) is 42.5 Å². The molecule has 0 radical (unpaired) electrons. The molecule has 144 valence electrons. The maximum Gasteiger partial charge on any atom is 0.236 e. The number of benzene rings is 1. The lowest BCUT2D eigenvalue weighted by atomic mass is 9.93. The fourth-order valence-electron chi connectivity index (χ4n) is 3.80. The van der Waals surface area contributed by atoms with Crippen molar-refractivity contribution in [3.63, 3.8) is 0 Å². The normalized spacial score (nSPS) is 17.7. The van der Waals surface area contributed by atoms with Crippen LogP contribution in [0.25, 0.3) is 11.3 Å². The second-order valence-corrected chi connectivity index (χ2v) is 7.10. The number of rotatable bonds is 6. The number of nitrogens with zero attached hydrogens (tertiary/aromatic N) is 3. The molecule has 0 aliphatic carbocycles. The van der Waals surface area contributed by atoms with Crippen molar-refractivity contribution in [2.45, 2.75) is 32.6 Å². The molecule has 0 saturated carbocycles. The Morgan fingerprint density at radius 1 is 1.22 bits per heavy atom. The predicted molar refractivity (Wildman–Crippen MR) is 106 cm³/mol. The van der Waals surface area contributed by atoms with Gasteiger partial charge in [-0.25, -0.2) is 4.39 Å². The maximum absolute atomic E-state index is 13.5. The molecule has 3 rings (SSSR count). The van der Waals surface area contributed by atoms with Gasteiger partial charge in [0.05, 0.1) is 12.2 Å². The van der Waals surface area contributed by atoms with Gasteiger partial charge in [0.15, 0.2) is 0 Å². The summed E-state index contributed by atoms with van der Waals surface area (Å²) in [6.45, 7) is 7.81. The molecule has 1 aliphatic heterocycles. The average molecular weight is 369 g/mol. The first-order valence-corrected chi connectivity index (χ1v) is 9.83. The third-order valence-electron chi connectivity index (χ3n) is 5.29. The van der Waals surface area contributed by atoms with Crippen LogP contribution in [-0.2, 0) is 4.79 Å². The van der Waals surface area contributed by atoms with Gasteiger partial charge in [0.25, 0.3) is 0 Å². The molecule has 1 fully saturated rings. The average Bonchev–Trinajstić information content (AvgIpc) is 2.69. The third-order valence-corrected chi connectivity index (χ3v) is 5.29. The highest BCUT2D eigenvalue weighted by Gasteiger charge is 2.25. The molecular weight excluding hydrogens is 341 g/mol. The monoisotopic (exact) mass is 369 g/mol. The van der Waals surface area contributed by atoms with E-state index >= 15 is 0 Å². The number of hydrogen-bond donors (Lipinski definition) is 0. The molecule has 0 spiro atoms. The van der Waals surface area contributed by atoms with Crippen molar-refractivity contribution in [2.75, 3.05) is 32.7 Å². The lowest BCUT2D eigenvalue weighted by molar-refractivity contribution is -0.132. The molecule has 1 aromatic heterocycles. The molecule has 1 saturated heterocycles. The zero-order valence-electron chi connectivity index (χ0n) is 16.2. The van der Waals surface area contributed by atoms with Gasteiger partial charge in [0, 0.05) is 36.8 Å². The van der Waals surface area contributed by atoms with Crippen molar-refractivity contribution in [1.82, 2.24) is 14.8 Å². The van der Waals surface area contributed by atoms with E-state index in [0.717, 1.165) is 56.0 Å². The molecule has 0 bridgehead atoms. The summed E-state index contributed by atoms with van der Waals surface area (Å²) in [7, 11) is 0. The van der Waals surface area contributed by atoms with E-state index in [4.69, 9.17) is 4.98 Å². The number of likely N-dealkylation sites (tertiary alicyclic amines) is 1. The van der Waals surface area contributed by atoms with Crippen LogP contribution in [0.3, 0.4) is 0 Å². The topological polar surface area (TPSA) is 36.4 Å². The van der Waals surface area contributed by atoms with Crippen LogP contribution in [-0.4, -0.2) is 53.4 Å². The molecule has 2 heterocycles. The van der Waals surface area contributed by atoms with Gasteiger partial charge < -0.3 is 4.90 Å². The van der Waals surface area contributed by atoms with E-state index in [0.29, 0.717) is 12.5 Å². The zero-order chi connectivity index (χ0) is 19.2. The number of pyridine rings is 1. The fraction of sp³-hybridized carbons (Fsp3) is 0.455. The molecule has 1 amide bonds. The Kier molecular flexibility index (Phi) is 6.56. The Bertz CT molecular complexity index is 776. The quantitative estimate of drug-likeness (QED) is 0.774. The SMILES string of the molecule is CCN(CC)C(=O)CN1CCC[C@H](c2cccc(-c3cccc(F)c3)n2)C1. The number of halogens is 1. The lowest BCUT2D eigenvalue weighted by Crippen LogP contribution is -2.43. The van der Waals surface area contributed by atoms with Crippen LogP contribution < -0.4 is 0 Å². The number of carbonyl (C=O) groups excluding carboxylic acids is 1. The van der Waals surface area contributed by atoms with Gasteiger partial charge in [-0.1, -0.05) is 18.2 Å². The van der Waals surface area contributed by atoms with Gasteiger partial charge in [-0.15, -0.1) is 0 Å². The molecule has 4 nitrogen and oxygen atoms in total. The highest BCUT2D eigenvalue weighted by atomic mass is 19.1. The van der Waals surface area contributed by atoms with Crippen molar-refractivity contribution >= 4 is 5.91 Å². The zero-order valence-corrected chi connectivity index (χ0v) is 16.2. The van der Waals surface area contributed by atoms with Crippen LogP contribution in [0.4, 0.5) is 4.39 Å². The third kappa shape index (κ3) is 4.92. The Hall–Kier alpha value is -2.27. The molecule has 27 heavy (non-hydrogen) atoms. The van der Waals surface area contributed by atoms with Crippen molar-refractivity contribution < 1.29 is 9.18 Å². The highest BCUT2D eigenvalue weighted by molar-refractivity contribution is 5.78. The summed E-state index contributed by atoms with van der Waals surface area (Å²) in [5.74, 6) is 0.248. The molecular formula is C22H28FN3O. The van der Waals surface area contributed by atoms with E-state index in [9.17, 15) is 9.18 Å². The number of carbonyl (C=O) groups is 1. The first-order valence-electron chi connectivity index (χ1n) is 9.83. The summed E-state index contributed by atoms with van der Waals surface area (Å²) in [4.78, 5) is 21.3. The van der Waals surface area contributed by atoms with E-state index in [1.54, 1.807) is 6.07 Å².